The Morgan fingerprint density at radius 3 is 3.08 bits per heavy atom. The lowest BCUT2D eigenvalue weighted by atomic mass is 10.2. The Labute approximate surface area is 70.5 Å². The van der Waals surface area contributed by atoms with E-state index in [9.17, 15) is 0 Å². The molecule has 0 atom stereocenters. The van der Waals surface area contributed by atoms with Gasteiger partial charge in [0.25, 0.3) is 0 Å². The van der Waals surface area contributed by atoms with E-state index in [2.05, 4.69) is 10.3 Å². The molecule has 1 rings (SSSR count). The molecule has 5 nitrogen and oxygen atoms in total. The predicted octanol–water partition coefficient (Wildman–Crippen LogP) is 0.0991. The first-order valence-corrected chi connectivity index (χ1v) is 3.67. The molecule has 5 heteroatoms. The molecule has 1 aromatic heterocycles. The number of aryl methyl sites for hydroxylation is 2. The summed E-state index contributed by atoms with van der Waals surface area (Å²) in [5.41, 5.74) is 6.38. The fourth-order valence-corrected chi connectivity index (χ4v) is 0.953. The second-order valence-electron chi connectivity index (χ2n) is 2.54. The SMILES string of the molecule is Cn1nccc1CC/C(N)=N/O. The van der Waals surface area contributed by atoms with E-state index in [0.717, 1.165) is 12.1 Å². The molecule has 0 aliphatic heterocycles. The standard InChI is InChI=1S/C7H12N4O/c1-11-6(4-5-9-11)2-3-7(8)10-12/h4-5,12H,2-3H2,1H3,(H2,8,10). The van der Waals surface area contributed by atoms with Crippen LogP contribution < -0.4 is 5.73 Å². The predicted molar refractivity (Wildman–Crippen MR) is 44.9 cm³/mol. The summed E-state index contributed by atoms with van der Waals surface area (Å²) in [6, 6.07) is 1.91. The average molecular weight is 168 g/mol. The van der Waals surface area contributed by atoms with Gasteiger partial charge < -0.3 is 10.9 Å². The zero-order chi connectivity index (χ0) is 8.97. The van der Waals surface area contributed by atoms with Gasteiger partial charge in [-0.3, -0.25) is 4.68 Å². The number of oxime groups is 1. The normalized spacial score (nSPS) is 11.9. The highest BCUT2D eigenvalue weighted by molar-refractivity contribution is 5.79. The molecule has 3 N–H and O–H groups in total. The number of rotatable bonds is 3. The Bertz CT molecular complexity index is 279. The van der Waals surface area contributed by atoms with Gasteiger partial charge in [-0.15, -0.1) is 0 Å². The fourth-order valence-electron chi connectivity index (χ4n) is 0.953. The van der Waals surface area contributed by atoms with Crippen LogP contribution in [-0.4, -0.2) is 20.8 Å². The second-order valence-corrected chi connectivity index (χ2v) is 2.54. The molecule has 0 unspecified atom stereocenters. The van der Waals surface area contributed by atoms with E-state index in [1.165, 1.54) is 0 Å². The minimum atomic E-state index is 0.246. The number of amidine groups is 1. The monoisotopic (exact) mass is 168 g/mol. The number of hydrogen-bond donors (Lipinski definition) is 2. The lowest BCUT2D eigenvalue weighted by Crippen LogP contribution is -2.13. The van der Waals surface area contributed by atoms with Crippen LogP contribution >= 0.6 is 0 Å². The number of nitrogens with two attached hydrogens (primary N) is 1. The molecule has 0 aromatic carbocycles. The largest absolute Gasteiger partial charge is 0.409 e. The topological polar surface area (TPSA) is 76.4 Å². The summed E-state index contributed by atoms with van der Waals surface area (Å²) in [6.07, 6.45) is 3.02. The first-order valence-electron chi connectivity index (χ1n) is 3.67. The van der Waals surface area contributed by atoms with Crippen molar-refractivity contribution in [2.24, 2.45) is 17.9 Å². The van der Waals surface area contributed by atoms with Gasteiger partial charge in [0.1, 0.15) is 5.84 Å². The molecule has 0 radical (unpaired) electrons. The molecule has 66 valence electrons. The summed E-state index contributed by atoms with van der Waals surface area (Å²) in [5.74, 6) is 0.246. The quantitative estimate of drug-likeness (QED) is 0.291. The van der Waals surface area contributed by atoms with E-state index in [4.69, 9.17) is 10.9 Å². The molecule has 1 heterocycles. The van der Waals surface area contributed by atoms with Gasteiger partial charge in [-0.25, -0.2) is 0 Å². The minimum Gasteiger partial charge on any atom is -0.409 e. The Morgan fingerprint density at radius 2 is 2.58 bits per heavy atom. The van der Waals surface area contributed by atoms with Gasteiger partial charge >= 0.3 is 0 Å². The zero-order valence-electron chi connectivity index (χ0n) is 6.94. The number of nitrogens with zero attached hydrogens (tertiary/aromatic N) is 3. The van der Waals surface area contributed by atoms with Crippen LogP contribution in [0.25, 0.3) is 0 Å². The van der Waals surface area contributed by atoms with Crippen LogP contribution in [-0.2, 0) is 13.5 Å². The van der Waals surface area contributed by atoms with Gasteiger partial charge in [-0.2, -0.15) is 5.10 Å². The third-order valence-electron chi connectivity index (χ3n) is 1.69. The van der Waals surface area contributed by atoms with E-state index in [0.29, 0.717) is 6.42 Å². The van der Waals surface area contributed by atoms with Gasteiger partial charge in [-0.1, -0.05) is 5.16 Å². The fraction of sp³-hybridized carbons (Fsp3) is 0.429. The van der Waals surface area contributed by atoms with E-state index in [1.807, 2.05) is 13.1 Å². The smallest absolute Gasteiger partial charge is 0.139 e. The van der Waals surface area contributed by atoms with Crippen molar-refractivity contribution in [2.45, 2.75) is 12.8 Å². The average Bonchev–Trinajstić information content (AvgIpc) is 2.47. The summed E-state index contributed by atoms with van der Waals surface area (Å²) in [7, 11) is 1.86. The molecule has 0 aliphatic rings. The lowest BCUT2D eigenvalue weighted by molar-refractivity contribution is 0.317. The maximum atomic E-state index is 8.27. The highest BCUT2D eigenvalue weighted by Crippen LogP contribution is 2.00. The molecular formula is C7H12N4O. The minimum absolute atomic E-state index is 0.246. The molecule has 12 heavy (non-hydrogen) atoms. The Kier molecular flexibility index (Phi) is 2.68. The van der Waals surface area contributed by atoms with Crippen molar-refractivity contribution >= 4 is 5.84 Å². The molecule has 0 saturated carbocycles. The van der Waals surface area contributed by atoms with Crippen LogP contribution in [0, 0.1) is 0 Å². The summed E-state index contributed by atoms with van der Waals surface area (Å²) in [5, 5.41) is 15.1. The van der Waals surface area contributed by atoms with Crippen molar-refractivity contribution in [1.29, 1.82) is 0 Å². The van der Waals surface area contributed by atoms with Crippen molar-refractivity contribution in [3.63, 3.8) is 0 Å². The summed E-state index contributed by atoms with van der Waals surface area (Å²) in [4.78, 5) is 0. The Balaban J connectivity index is 2.49. The van der Waals surface area contributed by atoms with Crippen molar-refractivity contribution in [2.75, 3.05) is 0 Å². The molecule has 0 fully saturated rings. The maximum absolute atomic E-state index is 8.27. The van der Waals surface area contributed by atoms with Crippen LogP contribution in [0.15, 0.2) is 17.4 Å². The van der Waals surface area contributed by atoms with E-state index in [1.54, 1.807) is 10.9 Å². The van der Waals surface area contributed by atoms with Crippen LogP contribution in [0.1, 0.15) is 12.1 Å². The third kappa shape index (κ3) is 1.98. The van der Waals surface area contributed by atoms with E-state index < -0.39 is 0 Å². The van der Waals surface area contributed by atoms with Crippen LogP contribution in [0.5, 0.6) is 0 Å². The summed E-state index contributed by atoms with van der Waals surface area (Å²) in [6.45, 7) is 0. The molecule has 1 aromatic rings. The molecule has 0 bridgehead atoms. The van der Waals surface area contributed by atoms with E-state index in [-0.39, 0.29) is 5.84 Å². The summed E-state index contributed by atoms with van der Waals surface area (Å²) < 4.78 is 1.77. The molecule has 0 spiro atoms. The molecule has 0 amide bonds. The summed E-state index contributed by atoms with van der Waals surface area (Å²) >= 11 is 0. The lowest BCUT2D eigenvalue weighted by Gasteiger charge is -1.99. The zero-order valence-corrected chi connectivity index (χ0v) is 6.94. The highest BCUT2D eigenvalue weighted by Gasteiger charge is 1.99. The van der Waals surface area contributed by atoms with Crippen molar-refractivity contribution in [3.8, 4) is 0 Å². The Morgan fingerprint density at radius 1 is 1.83 bits per heavy atom. The highest BCUT2D eigenvalue weighted by atomic mass is 16.4. The Hall–Kier alpha value is -1.52. The third-order valence-corrected chi connectivity index (χ3v) is 1.69. The van der Waals surface area contributed by atoms with Crippen LogP contribution in [0.2, 0.25) is 0 Å². The maximum Gasteiger partial charge on any atom is 0.139 e. The van der Waals surface area contributed by atoms with Crippen LogP contribution in [0.3, 0.4) is 0 Å². The van der Waals surface area contributed by atoms with E-state index >= 15 is 0 Å². The first kappa shape index (κ1) is 8.58. The van der Waals surface area contributed by atoms with Crippen molar-refractivity contribution in [1.82, 2.24) is 9.78 Å². The van der Waals surface area contributed by atoms with Crippen molar-refractivity contribution in [3.05, 3.63) is 18.0 Å². The van der Waals surface area contributed by atoms with Gasteiger partial charge in [0.15, 0.2) is 0 Å². The van der Waals surface area contributed by atoms with Crippen LogP contribution in [0.4, 0.5) is 0 Å². The van der Waals surface area contributed by atoms with Crippen molar-refractivity contribution < 1.29 is 5.21 Å². The first-order chi connectivity index (χ1) is 5.74. The van der Waals surface area contributed by atoms with Gasteiger partial charge in [0.05, 0.1) is 0 Å². The number of aromatic nitrogens is 2. The second kappa shape index (κ2) is 3.75. The molecular weight excluding hydrogens is 156 g/mol. The van der Waals surface area contributed by atoms with Gasteiger partial charge in [0, 0.05) is 25.4 Å². The molecule has 0 saturated heterocycles. The number of hydrogen-bond acceptors (Lipinski definition) is 3. The molecule has 0 aliphatic carbocycles. The van der Waals surface area contributed by atoms with Gasteiger partial charge in [-0.05, 0) is 12.5 Å². The van der Waals surface area contributed by atoms with Gasteiger partial charge in [0.2, 0.25) is 0 Å².